The molecule has 2 aromatic carbocycles. The summed E-state index contributed by atoms with van der Waals surface area (Å²) >= 11 is 12.2. The van der Waals surface area contributed by atoms with E-state index in [1.165, 1.54) is 21.7 Å². The SMILES string of the molecule is Cc1ccnc(C(C)C)c1-n1c(=O)c2c(c3cc(F)c(Cl)c(F)c31)N1C[C@@H](C)N(C(=O)OC(C)(C)C)C[C@@H]1C(=O)N2.Cc1ccnc(C(C)C)c1-n1c(=O)c2c(c3cc(F)c(Cl)c(F)c31)N1C[C@@H](C)N(C(=O)OC(C)(C)C)C[C@@H]1C(=O)N2C. The van der Waals surface area contributed by atoms with E-state index in [1.54, 1.807) is 104 Å². The number of carbonyl (C=O) groups excluding carboxylic acids is 4. The number of aryl methyl sites for hydroxylation is 2. The zero-order valence-electron chi connectivity index (χ0n) is 48.8. The highest BCUT2D eigenvalue weighted by atomic mass is 35.5. The van der Waals surface area contributed by atoms with Gasteiger partial charge in [-0.05, 0) is 116 Å². The fourth-order valence-corrected chi connectivity index (χ4v) is 11.7. The fourth-order valence-electron chi connectivity index (χ4n) is 11.4. The smallest absolute Gasteiger partial charge is 0.410 e. The first-order valence-electron chi connectivity index (χ1n) is 27.2. The van der Waals surface area contributed by atoms with Crippen molar-refractivity contribution in [3.8, 4) is 11.4 Å². The van der Waals surface area contributed by atoms with Crippen LogP contribution in [0, 0.1) is 37.1 Å². The van der Waals surface area contributed by atoms with Crippen LogP contribution in [0.3, 0.4) is 0 Å². The standard InChI is InChI=1S/C30H34ClF2N5O4.C29H32ClF2N5O4/c1-14(2)22-23(15(3)9-10-34-22)38-24-17(11-18(32)20(31)21(24)33)25-26(28(38)40)35(8)27(39)19-13-36(16(4)12-37(19)25)29(41)42-30(5,6)7;1-13(2)21-23(14(3)8-9-33-21)37-24-16(10-17(31)19(30)20(24)32)25-22(27(37)39)34-26(38)18-12-35(15(4)11-36(18)25)28(40)41-29(5,6)7/h9-11,14,16,19H,12-13H2,1-8H3;8-10,13,15,18H,11-12H2,1-7H3,(H,34,38)/t16-,19-;15-,18-/m11/s1. The Hall–Kier alpha value is -7.46. The van der Waals surface area contributed by atoms with Gasteiger partial charge in [0.15, 0.2) is 11.6 Å². The number of piperazine rings is 2. The van der Waals surface area contributed by atoms with Gasteiger partial charge in [0, 0.05) is 55.4 Å². The van der Waals surface area contributed by atoms with E-state index in [2.05, 4.69) is 15.3 Å². The molecule has 442 valence electrons. The van der Waals surface area contributed by atoms with Crippen LogP contribution in [0.5, 0.6) is 0 Å². The number of aromatic nitrogens is 4. The number of nitrogens with zero attached hydrogens (tertiary/aromatic N) is 9. The molecule has 0 unspecified atom stereocenters. The quantitative estimate of drug-likeness (QED) is 0.130. The van der Waals surface area contributed by atoms with Gasteiger partial charge in [0.05, 0.1) is 58.3 Å². The van der Waals surface area contributed by atoms with Crippen LogP contribution in [0.15, 0.2) is 46.2 Å². The Bertz CT molecular complexity index is 3860. The van der Waals surface area contributed by atoms with E-state index in [0.29, 0.717) is 33.9 Å². The van der Waals surface area contributed by atoms with Gasteiger partial charge in [-0.25, -0.2) is 27.2 Å². The summed E-state index contributed by atoms with van der Waals surface area (Å²) in [4.78, 5) is 98.3. The van der Waals surface area contributed by atoms with Crippen LogP contribution in [-0.2, 0) is 19.1 Å². The first kappa shape index (κ1) is 60.1. The van der Waals surface area contributed by atoms with Gasteiger partial charge in [-0.3, -0.25) is 38.3 Å². The highest BCUT2D eigenvalue weighted by Gasteiger charge is 2.49. The normalized spacial score (nSPS) is 18.9. The third-order valence-corrected chi connectivity index (χ3v) is 15.9. The summed E-state index contributed by atoms with van der Waals surface area (Å²) in [7, 11) is 1.45. The van der Waals surface area contributed by atoms with Crippen LogP contribution in [0.25, 0.3) is 33.2 Å². The zero-order chi connectivity index (χ0) is 61.1. The molecule has 83 heavy (non-hydrogen) atoms. The summed E-state index contributed by atoms with van der Waals surface area (Å²) < 4.78 is 75.7. The molecule has 4 amide bonds. The molecule has 24 heteroatoms. The molecule has 1 N–H and O–H groups in total. The minimum Gasteiger partial charge on any atom is -0.444 e. The number of likely N-dealkylation sites (N-methyl/N-ethyl adjacent to an activating group) is 1. The topological polar surface area (TPSA) is 185 Å². The molecule has 4 aliphatic rings. The molecular formula is C59H66Cl2F4N10O8. The second-order valence-corrected chi connectivity index (χ2v) is 24.9. The lowest BCUT2D eigenvalue weighted by atomic mass is 9.97. The van der Waals surface area contributed by atoms with Crippen LogP contribution in [0.1, 0.15) is 117 Å². The van der Waals surface area contributed by atoms with Crippen LogP contribution < -0.4 is 31.1 Å². The largest absolute Gasteiger partial charge is 0.444 e. The Kier molecular flexibility index (Phi) is 15.7. The van der Waals surface area contributed by atoms with Gasteiger partial charge in [-0.15, -0.1) is 0 Å². The minimum atomic E-state index is -1.10. The maximum absolute atomic E-state index is 16.1. The average molecular weight is 1190 g/mol. The number of halogens is 6. The zero-order valence-corrected chi connectivity index (χ0v) is 50.3. The molecule has 0 radical (unpaired) electrons. The minimum absolute atomic E-state index is 0.0271. The fraction of sp³-hybridized carbons (Fsp3) is 0.458. The number of pyridine rings is 4. The number of benzene rings is 2. The molecule has 2 fully saturated rings. The molecule has 0 spiro atoms. The number of amides is 4. The van der Waals surface area contributed by atoms with E-state index in [9.17, 15) is 28.8 Å². The van der Waals surface area contributed by atoms with E-state index in [4.69, 9.17) is 32.7 Å². The van der Waals surface area contributed by atoms with E-state index in [1.807, 2.05) is 27.7 Å². The van der Waals surface area contributed by atoms with E-state index >= 15 is 17.6 Å². The first-order chi connectivity index (χ1) is 38.7. The number of hydrogen-bond acceptors (Lipinski definition) is 12. The molecule has 0 saturated carbocycles. The average Bonchev–Trinajstić information content (AvgIpc) is 0.861. The maximum Gasteiger partial charge on any atom is 0.410 e. The summed E-state index contributed by atoms with van der Waals surface area (Å²) in [6.07, 6.45) is 2.05. The molecule has 10 rings (SSSR count). The summed E-state index contributed by atoms with van der Waals surface area (Å²) in [5, 5.41) is 1.31. The highest BCUT2D eigenvalue weighted by Crippen LogP contribution is 2.46. The molecule has 4 aliphatic heterocycles. The second kappa shape index (κ2) is 21.6. The second-order valence-electron chi connectivity index (χ2n) is 24.2. The molecule has 18 nitrogen and oxygen atoms in total. The Labute approximate surface area is 486 Å². The van der Waals surface area contributed by atoms with Crippen molar-refractivity contribution in [1.82, 2.24) is 28.9 Å². The lowest BCUT2D eigenvalue weighted by molar-refractivity contribution is -0.121. The van der Waals surface area contributed by atoms with E-state index in [-0.39, 0.29) is 82.6 Å². The van der Waals surface area contributed by atoms with Gasteiger partial charge >= 0.3 is 12.2 Å². The number of nitrogens with one attached hydrogen (secondary N) is 1. The molecule has 6 aromatic rings. The van der Waals surface area contributed by atoms with E-state index in [0.717, 1.165) is 21.3 Å². The van der Waals surface area contributed by atoms with Gasteiger partial charge < -0.3 is 39.3 Å². The summed E-state index contributed by atoms with van der Waals surface area (Å²) in [6, 6.07) is 2.81. The molecule has 8 heterocycles. The molecular weight excluding hydrogens is 1120 g/mol. The number of rotatable bonds is 4. The van der Waals surface area contributed by atoms with Gasteiger partial charge in [-0.2, -0.15) is 0 Å². The monoisotopic (exact) mass is 1190 g/mol. The third-order valence-electron chi connectivity index (χ3n) is 15.2. The number of hydrogen-bond donors (Lipinski definition) is 1. The highest BCUT2D eigenvalue weighted by molar-refractivity contribution is 6.32. The molecule has 2 saturated heterocycles. The molecule has 4 atom stereocenters. The lowest BCUT2D eigenvalue weighted by Gasteiger charge is -2.49. The number of carbonyl (C=O) groups is 4. The van der Waals surface area contributed by atoms with Gasteiger partial charge in [0.25, 0.3) is 17.0 Å². The van der Waals surface area contributed by atoms with Crippen molar-refractivity contribution in [1.29, 1.82) is 0 Å². The van der Waals surface area contributed by atoms with Gasteiger partial charge in [0.1, 0.15) is 56.3 Å². The maximum atomic E-state index is 16.1. The van der Waals surface area contributed by atoms with Crippen LogP contribution >= 0.6 is 23.2 Å². The van der Waals surface area contributed by atoms with Crippen LogP contribution in [0.2, 0.25) is 10.0 Å². The number of fused-ring (bicyclic) bond motifs is 10. The molecule has 4 aromatic heterocycles. The molecule has 0 bridgehead atoms. The van der Waals surface area contributed by atoms with Crippen molar-refractivity contribution in [2.75, 3.05) is 53.2 Å². The summed E-state index contributed by atoms with van der Waals surface area (Å²) in [6.45, 7) is 25.3. The van der Waals surface area contributed by atoms with Crippen molar-refractivity contribution in [3.05, 3.63) is 113 Å². The summed E-state index contributed by atoms with van der Waals surface area (Å²) in [5.74, 6) is -5.47. The predicted molar refractivity (Wildman–Crippen MR) is 311 cm³/mol. The first-order valence-corrected chi connectivity index (χ1v) is 28.0. The third kappa shape index (κ3) is 10.4. The Balaban J connectivity index is 0.000000200. The summed E-state index contributed by atoms with van der Waals surface area (Å²) in [5.41, 5.74) is -0.0843. The number of ether oxygens (including phenoxy) is 2. The lowest BCUT2D eigenvalue weighted by Crippen LogP contribution is -2.66. The van der Waals surface area contributed by atoms with Crippen LogP contribution in [0.4, 0.5) is 49.9 Å². The Morgan fingerprint density at radius 2 is 1.04 bits per heavy atom. The van der Waals surface area contributed by atoms with Gasteiger partial charge in [0.2, 0.25) is 5.91 Å². The Morgan fingerprint density at radius 1 is 0.627 bits per heavy atom. The van der Waals surface area contributed by atoms with Gasteiger partial charge in [-0.1, -0.05) is 50.9 Å². The van der Waals surface area contributed by atoms with Crippen molar-refractivity contribution in [3.63, 3.8) is 0 Å². The van der Waals surface area contributed by atoms with Crippen molar-refractivity contribution < 1.29 is 46.2 Å². The Morgan fingerprint density at radius 3 is 1.47 bits per heavy atom. The van der Waals surface area contributed by atoms with Crippen molar-refractivity contribution in [2.45, 2.75) is 144 Å². The molecule has 0 aliphatic carbocycles. The predicted octanol–water partition coefficient (Wildman–Crippen LogP) is 11.1. The van der Waals surface area contributed by atoms with Crippen molar-refractivity contribution >= 4 is 91.8 Å². The van der Waals surface area contributed by atoms with Crippen molar-refractivity contribution in [2.24, 2.45) is 0 Å². The number of anilines is 4. The van der Waals surface area contributed by atoms with E-state index < -0.39 is 104 Å². The van der Waals surface area contributed by atoms with Crippen LogP contribution in [-0.4, -0.2) is 121 Å².